The molecule has 0 saturated carbocycles. The van der Waals surface area contributed by atoms with Crippen LogP contribution in [0.25, 0.3) is 10.9 Å². The molecule has 2 heterocycles. The molecule has 0 bridgehead atoms. The summed E-state index contributed by atoms with van der Waals surface area (Å²) in [4.78, 5) is 33.9. The highest BCUT2D eigenvalue weighted by molar-refractivity contribution is 6.05. The first kappa shape index (κ1) is 18.9. The average molecular weight is 392 g/mol. The van der Waals surface area contributed by atoms with Gasteiger partial charge in [0.05, 0.1) is 7.11 Å². The van der Waals surface area contributed by atoms with Crippen LogP contribution in [0.5, 0.6) is 5.75 Å². The first-order valence-corrected chi connectivity index (χ1v) is 9.60. The molecule has 0 spiro atoms. The van der Waals surface area contributed by atoms with E-state index in [9.17, 15) is 9.59 Å². The zero-order chi connectivity index (χ0) is 20.4. The molecule has 0 radical (unpaired) electrons. The number of aromatic amines is 1. The monoisotopic (exact) mass is 392 g/mol. The van der Waals surface area contributed by atoms with Gasteiger partial charge in [0.25, 0.3) is 5.91 Å². The molecular formula is C22H24N4O3. The highest BCUT2D eigenvalue weighted by Gasteiger charge is 2.27. The van der Waals surface area contributed by atoms with E-state index in [1.807, 2.05) is 42.6 Å². The lowest BCUT2D eigenvalue weighted by Gasteiger charge is -2.37. The van der Waals surface area contributed by atoms with Gasteiger partial charge in [-0.1, -0.05) is 0 Å². The zero-order valence-electron chi connectivity index (χ0n) is 16.6. The summed E-state index contributed by atoms with van der Waals surface area (Å²) in [5.74, 6) is 0.524. The van der Waals surface area contributed by atoms with Gasteiger partial charge in [-0.3, -0.25) is 9.69 Å². The Kier molecular flexibility index (Phi) is 5.12. The molecule has 2 aromatic carbocycles. The molecule has 1 saturated heterocycles. The number of anilines is 1. The number of hydrogen-bond acceptors (Lipinski definition) is 4. The Labute approximate surface area is 169 Å². The van der Waals surface area contributed by atoms with E-state index in [1.165, 1.54) is 4.90 Å². The second-order valence-corrected chi connectivity index (χ2v) is 7.10. The number of methoxy groups -OCH3 is 1. The summed E-state index contributed by atoms with van der Waals surface area (Å²) in [6, 6.07) is 14.9. The molecule has 7 heteroatoms. The van der Waals surface area contributed by atoms with Crippen molar-refractivity contribution in [1.29, 1.82) is 0 Å². The summed E-state index contributed by atoms with van der Waals surface area (Å²) >= 11 is 0. The topological polar surface area (TPSA) is 68.9 Å². The van der Waals surface area contributed by atoms with Crippen molar-refractivity contribution in [2.75, 3.05) is 45.2 Å². The lowest BCUT2D eigenvalue weighted by atomic mass is 10.1. The van der Waals surface area contributed by atoms with Gasteiger partial charge in [-0.05, 0) is 48.5 Å². The predicted octanol–water partition coefficient (Wildman–Crippen LogP) is 3.19. The Morgan fingerprint density at radius 2 is 1.72 bits per heavy atom. The molecule has 0 atom stereocenters. The molecule has 3 aromatic rings. The first-order chi connectivity index (χ1) is 14.1. The van der Waals surface area contributed by atoms with Crippen LogP contribution >= 0.6 is 0 Å². The third-order valence-electron chi connectivity index (χ3n) is 5.38. The number of imide groups is 1. The van der Waals surface area contributed by atoms with E-state index < -0.39 is 0 Å². The van der Waals surface area contributed by atoms with Gasteiger partial charge in [0.2, 0.25) is 0 Å². The van der Waals surface area contributed by atoms with E-state index >= 15 is 0 Å². The Balaban J connectivity index is 1.38. The van der Waals surface area contributed by atoms with Crippen LogP contribution in [0.3, 0.4) is 0 Å². The summed E-state index contributed by atoms with van der Waals surface area (Å²) in [7, 11) is 3.19. The van der Waals surface area contributed by atoms with Crippen molar-refractivity contribution < 1.29 is 14.3 Å². The molecule has 150 valence electrons. The number of nitrogens with one attached hydrogen (secondary N) is 1. The van der Waals surface area contributed by atoms with Crippen LogP contribution in [-0.4, -0.2) is 67.1 Å². The van der Waals surface area contributed by atoms with Crippen LogP contribution in [-0.2, 0) is 0 Å². The lowest BCUT2D eigenvalue weighted by molar-refractivity contribution is 0.0793. The third kappa shape index (κ3) is 3.76. The minimum absolute atomic E-state index is 0.265. The summed E-state index contributed by atoms with van der Waals surface area (Å²) in [5.41, 5.74) is 2.57. The second kappa shape index (κ2) is 7.87. The van der Waals surface area contributed by atoms with Gasteiger partial charge in [0, 0.05) is 61.6 Å². The van der Waals surface area contributed by atoms with Gasteiger partial charge in [0.1, 0.15) is 5.75 Å². The van der Waals surface area contributed by atoms with Crippen LogP contribution in [0.4, 0.5) is 10.5 Å². The van der Waals surface area contributed by atoms with E-state index in [0.29, 0.717) is 18.7 Å². The number of amides is 3. The largest absolute Gasteiger partial charge is 0.497 e. The maximum atomic E-state index is 12.8. The van der Waals surface area contributed by atoms with Crippen LogP contribution < -0.4 is 9.64 Å². The molecule has 3 amide bonds. The summed E-state index contributed by atoms with van der Waals surface area (Å²) < 4.78 is 5.20. The van der Waals surface area contributed by atoms with Crippen LogP contribution in [0.15, 0.2) is 54.7 Å². The van der Waals surface area contributed by atoms with Gasteiger partial charge < -0.3 is 19.5 Å². The van der Waals surface area contributed by atoms with Crippen molar-refractivity contribution >= 4 is 28.5 Å². The van der Waals surface area contributed by atoms with E-state index in [-0.39, 0.29) is 11.9 Å². The molecule has 1 fully saturated rings. The Morgan fingerprint density at radius 1 is 1.00 bits per heavy atom. The number of piperazine rings is 1. The molecular weight excluding hydrogens is 368 g/mol. The molecule has 1 aromatic heterocycles. The highest BCUT2D eigenvalue weighted by atomic mass is 16.5. The number of urea groups is 1. The molecule has 1 aliphatic heterocycles. The van der Waals surface area contributed by atoms with Gasteiger partial charge >= 0.3 is 6.03 Å². The van der Waals surface area contributed by atoms with Gasteiger partial charge in [0.15, 0.2) is 0 Å². The van der Waals surface area contributed by atoms with Gasteiger partial charge in [-0.25, -0.2) is 4.79 Å². The highest BCUT2D eigenvalue weighted by Crippen LogP contribution is 2.21. The molecule has 1 aliphatic rings. The quantitative estimate of drug-likeness (QED) is 0.743. The standard InChI is InChI=1S/C22H24N4O3/c1-24(21(27)17-3-8-20-16(15-17)9-10-23-20)22(28)26-13-11-25(12-14-26)18-4-6-19(29-2)7-5-18/h3-10,15,23H,11-14H2,1-2H3. The normalized spacial score (nSPS) is 14.1. The first-order valence-electron chi connectivity index (χ1n) is 9.60. The van der Waals surface area contributed by atoms with E-state index in [4.69, 9.17) is 4.74 Å². The van der Waals surface area contributed by atoms with Crippen molar-refractivity contribution in [2.24, 2.45) is 0 Å². The number of H-pyrrole nitrogens is 1. The molecule has 1 N–H and O–H groups in total. The number of ether oxygens (including phenoxy) is 1. The fourth-order valence-electron chi connectivity index (χ4n) is 3.63. The number of aromatic nitrogens is 1. The Morgan fingerprint density at radius 3 is 2.41 bits per heavy atom. The molecule has 29 heavy (non-hydrogen) atoms. The average Bonchev–Trinajstić information content (AvgIpc) is 3.25. The fourth-order valence-corrected chi connectivity index (χ4v) is 3.63. The fraction of sp³-hybridized carbons (Fsp3) is 0.273. The van der Waals surface area contributed by atoms with Crippen molar-refractivity contribution in [1.82, 2.24) is 14.8 Å². The zero-order valence-corrected chi connectivity index (χ0v) is 16.6. The molecule has 4 rings (SSSR count). The summed E-state index contributed by atoms with van der Waals surface area (Å²) in [5, 5.41) is 0.949. The number of fused-ring (bicyclic) bond motifs is 1. The lowest BCUT2D eigenvalue weighted by Crippen LogP contribution is -2.53. The van der Waals surface area contributed by atoms with E-state index in [1.54, 1.807) is 31.2 Å². The minimum Gasteiger partial charge on any atom is -0.497 e. The second-order valence-electron chi connectivity index (χ2n) is 7.10. The SMILES string of the molecule is COc1ccc(N2CCN(C(=O)N(C)C(=O)c3ccc4[nH]ccc4c3)CC2)cc1. The number of carbonyl (C=O) groups excluding carboxylic acids is 2. The van der Waals surface area contributed by atoms with Crippen molar-refractivity contribution in [2.45, 2.75) is 0 Å². The number of hydrogen-bond donors (Lipinski definition) is 1. The number of rotatable bonds is 3. The summed E-state index contributed by atoms with van der Waals surface area (Å²) in [6.07, 6.45) is 1.83. The van der Waals surface area contributed by atoms with Crippen molar-refractivity contribution in [3.63, 3.8) is 0 Å². The number of carbonyl (C=O) groups is 2. The maximum absolute atomic E-state index is 12.8. The van der Waals surface area contributed by atoms with E-state index in [2.05, 4.69) is 9.88 Å². The van der Waals surface area contributed by atoms with Crippen LogP contribution in [0.2, 0.25) is 0 Å². The molecule has 0 aliphatic carbocycles. The van der Waals surface area contributed by atoms with Crippen molar-refractivity contribution in [3.05, 3.63) is 60.3 Å². The van der Waals surface area contributed by atoms with Gasteiger partial charge in [-0.2, -0.15) is 0 Å². The Hall–Kier alpha value is -3.48. The van der Waals surface area contributed by atoms with Crippen molar-refractivity contribution in [3.8, 4) is 5.75 Å². The molecule has 0 unspecified atom stereocenters. The van der Waals surface area contributed by atoms with Gasteiger partial charge in [-0.15, -0.1) is 0 Å². The third-order valence-corrected chi connectivity index (χ3v) is 5.38. The predicted molar refractivity (Wildman–Crippen MR) is 113 cm³/mol. The minimum atomic E-state index is -0.296. The smallest absolute Gasteiger partial charge is 0.326 e. The maximum Gasteiger partial charge on any atom is 0.326 e. The van der Waals surface area contributed by atoms with Crippen LogP contribution in [0, 0.1) is 0 Å². The van der Waals surface area contributed by atoms with Crippen LogP contribution in [0.1, 0.15) is 10.4 Å². The molecule has 7 nitrogen and oxygen atoms in total. The number of nitrogens with zero attached hydrogens (tertiary/aromatic N) is 3. The Bertz CT molecular complexity index is 1020. The summed E-state index contributed by atoms with van der Waals surface area (Å²) in [6.45, 7) is 2.57. The number of benzene rings is 2. The van der Waals surface area contributed by atoms with E-state index in [0.717, 1.165) is 35.4 Å².